The van der Waals surface area contributed by atoms with E-state index in [-0.39, 0.29) is 0 Å². The summed E-state index contributed by atoms with van der Waals surface area (Å²) in [5.41, 5.74) is 1.04. The van der Waals surface area contributed by atoms with Gasteiger partial charge in [0.1, 0.15) is 0 Å². The van der Waals surface area contributed by atoms with Crippen LogP contribution in [0.1, 0.15) is 5.56 Å². The van der Waals surface area contributed by atoms with Crippen LogP contribution in [-0.4, -0.2) is 21.3 Å². The van der Waals surface area contributed by atoms with Crippen LogP contribution < -0.4 is 0 Å². The molecule has 1 rings (SSSR count). The van der Waals surface area contributed by atoms with Crippen molar-refractivity contribution in [1.82, 2.24) is 0 Å². The topological polar surface area (TPSA) is 26.3 Å². The van der Waals surface area contributed by atoms with Crippen LogP contribution in [0.15, 0.2) is 35.3 Å². The normalized spacial score (nSPS) is 13.4. The van der Waals surface area contributed by atoms with Crippen LogP contribution >= 0.6 is 0 Å². The van der Waals surface area contributed by atoms with Crippen LogP contribution in [0, 0.1) is 0 Å². The molecule has 64 valence electrons. The van der Waals surface area contributed by atoms with Crippen molar-refractivity contribution < 1.29 is 7.65 Å². The SMILES string of the molecule is CO[Se](=O)/C=C/c1ccccc1. The zero-order chi connectivity index (χ0) is 8.81. The van der Waals surface area contributed by atoms with Gasteiger partial charge in [-0.15, -0.1) is 0 Å². The van der Waals surface area contributed by atoms with Crippen LogP contribution in [0.2, 0.25) is 0 Å². The van der Waals surface area contributed by atoms with Crippen molar-refractivity contribution in [2.75, 3.05) is 7.11 Å². The minimum absolute atomic E-state index is 1.04. The number of benzene rings is 1. The Morgan fingerprint density at radius 2 is 2.00 bits per heavy atom. The molecule has 0 N–H and O–H groups in total. The summed E-state index contributed by atoms with van der Waals surface area (Å²) in [5, 5.41) is 0. The van der Waals surface area contributed by atoms with E-state index in [0.717, 1.165) is 5.56 Å². The van der Waals surface area contributed by atoms with Gasteiger partial charge in [0.25, 0.3) is 0 Å². The molecule has 1 unspecified atom stereocenters. The van der Waals surface area contributed by atoms with E-state index in [2.05, 4.69) is 3.82 Å². The van der Waals surface area contributed by atoms with Gasteiger partial charge in [0, 0.05) is 0 Å². The van der Waals surface area contributed by atoms with E-state index in [1.807, 2.05) is 30.3 Å². The van der Waals surface area contributed by atoms with Gasteiger partial charge >= 0.3 is 75.9 Å². The Morgan fingerprint density at radius 3 is 2.58 bits per heavy atom. The summed E-state index contributed by atoms with van der Waals surface area (Å²) in [6, 6.07) is 9.72. The average Bonchev–Trinajstić information content (AvgIpc) is 2.16. The molecule has 1 aromatic carbocycles. The third-order valence-corrected chi connectivity index (χ3v) is 2.78. The predicted octanol–water partition coefficient (Wildman–Crippen LogP) is 1.80. The van der Waals surface area contributed by atoms with E-state index in [4.69, 9.17) is 0 Å². The third-order valence-electron chi connectivity index (χ3n) is 1.34. The van der Waals surface area contributed by atoms with Crippen LogP contribution in [-0.2, 0) is 7.65 Å². The summed E-state index contributed by atoms with van der Waals surface area (Å²) in [4.78, 5) is 1.61. The average molecular weight is 229 g/mol. The van der Waals surface area contributed by atoms with Crippen LogP contribution in [0.5, 0.6) is 0 Å². The minimum atomic E-state index is -2.16. The predicted molar refractivity (Wildman–Crippen MR) is 48.9 cm³/mol. The zero-order valence-electron chi connectivity index (χ0n) is 6.77. The van der Waals surface area contributed by atoms with E-state index in [1.54, 1.807) is 11.1 Å². The number of hydrogen-bond donors (Lipinski definition) is 0. The van der Waals surface area contributed by atoms with E-state index in [0.29, 0.717) is 0 Å². The summed E-state index contributed by atoms with van der Waals surface area (Å²) in [7, 11) is 1.45. The maximum atomic E-state index is 10.9. The summed E-state index contributed by atoms with van der Waals surface area (Å²) in [5.74, 6) is 0. The van der Waals surface area contributed by atoms with E-state index in [1.165, 1.54) is 7.11 Å². The van der Waals surface area contributed by atoms with Gasteiger partial charge in [0.15, 0.2) is 0 Å². The first-order chi connectivity index (χ1) is 5.83. The fourth-order valence-corrected chi connectivity index (χ4v) is 1.55. The van der Waals surface area contributed by atoms with Crippen molar-refractivity contribution in [2.45, 2.75) is 0 Å². The zero-order valence-corrected chi connectivity index (χ0v) is 8.48. The Balaban J connectivity index is 2.64. The Hall–Kier alpha value is -0.761. The standard InChI is InChI=1S/C9H10O2Se/c1-11-12(10)8-7-9-5-3-2-4-6-9/h2-8H,1H3/b8-7+. The fourth-order valence-electron chi connectivity index (χ4n) is 0.754. The van der Waals surface area contributed by atoms with Gasteiger partial charge in [-0.25, -0.2) is 0 Å². The van der Waals surface area contributed by atoms with Crippen molar-refractivity contribution in [2.24, 2.45) is 0 Å². The van der Waals surface area contributed by atoms with Crippen LogP contribution in [0.3, 0.4) is 0 Å². The van der Waals surface area contributed by atoms with Gasteiger partial charge in [0.05, 0.1) is 0 Å². The van der Waals surface area contributed by atoms with E-state index >= 15 is 0 Å². The second-order valence-corrected chi connectivity index (χ2v) is 4.50. The van der Waals surface area contributed by atoms with Crippen molar-refractivity contribution in [3.05, 3.63) is 40.9 Å². The Bertz CT molecular complexity index is 280. The van der Waals surface area contributed by atoms with Crippen molar-refractivity contribution >= 4 is 20.2 Å². The van der Waals surface area contributed by atoms with Crippen molar-refractivity contribution in [3.63, 3.8) is 0 Å². The molecule has 1 atom stereocenters. The fraction of sp³-hybridized carbons (Fsp3) is 0.111. The second-order valence-electron chi connectivity index (χ2n) is 2.14. The van der Waals surface area contributed by atoms with Crippen molar-refractivity contribution in [3.8, 4) is 0 Å². The summed E-state index contributed by atoms with van der Waals surface area (Å²) >= 11 is -2.16. The van der Waals surface area contributed by atoms with Gasteiger partial charge in [-0.2, -0.15) is 0 Å². The third kappa shape index (κ3) is 3.09. The van der Waals surface area contributed by atoms with Gasteiger partial charge in [-0.3, -0.25) is 0 Å². The van der Waals surface area contributed by atoms with Crippen LogP contribution in [0.4, 0.5) is 0 Å². The molecule has 0 aromatic heterocycles. The molecule has 0 aliphatic carbocycles. The molecule has 0 spiro atoms. The molecule has 0 radical (unpaired) electrons. The molecule has 1 aromatic rings. The molecular formula is C9H10O2Se. The molecular weight excluding hydrogens is 219 g/mol. The van der Waals surface area contributed by atoms with E-state index < -0.39 is 14.2 Å². The number of hydrogen-bond acceptors (Lipinski definition) is 2. The summed E-state index contributed by atoms with van der Waals surface area (Å²) in [6.07, 6.45) is 1.81. The molecule has 12 heavy (non-hydrogen) atoms. The number of rotatable bonds is 3. The molecule has 0 aliphatic heterocycles. The molecule has 3 heteroatoms. The first-order valence-electron chi connectivity index (χ1n) is 3.51. The van der Waals surface area contributed by atoms with E-state index in [9.17, 15) is 3.83 Å². The van der Waals surface area contributed by atoms with Crippen molar-refractivity contribution in [1.29, 1.82) is 0 Å². The molecule has 0 saturated heterocycles. The maximum absolute atomic E-state index is 10.9. The second kappa shape index (κ2) is 4.99. The molecule has 2 nitrogen and oxygen atoms in total. The molecule has 0 heterocycles. The summed E-state index contributed by atoms with van der Waals surface area (Å²) in [6.45, 7) is 0. The van der Waals surface area contributed by atoms with Gasteiger partial charge in [0.2, 0.25) is 0 Å². The monoisotopic (exact) mass is 230 g/mol. The Labute approximate surface area is 76.3 Å². The van der Waals surface area contributed by atoms with Gasteiger partial charge in [-0.05, 0) is 0 Å². The van der Waals surface area contributed by atoms with Crippen LogP contribution in [0.25, 0.3) is 6.08 Å². The summed E-state index contributed by atoms with van der Waals surface area (Å²) < 4.78 is 15.5. The Kier molecular flexibility index (Phi) is 3.88. The quantitative estimate of drug-likeness (QED) is 0.739. The molecule has 0 aliphatic rings. The van der Waals surface area contributed by atoms with Gasteiger partial charge < -0.3 is 0 Å². The Morgan fingerprint density at radius 1 is 1.33 bits per heavy atom. The molecule has 0 amide bonds. The molecule has 0 fully saturated rings. The molecule has 0 bridgehead atoms. The molecule has 0 saturated carbocycles. The van der Waals surface area contributed by atoms with Gasteiger partial charge in [-0.1, -0.05) is 0 Å². The first kappa shape index (κ1) is 9.33. The first-order valence-corrected chi connectivity index (χ1v) is 5.90.